The molecule has 0 unspecified atom stereocenters. The van der Waals surface area contributed by atoms with Crippen molar-refractivity contribution in [3.8, 4) is 0 Å². The maximum absolute atomic E-state index is 13.7. The number of hydrogen-bond acceptors (Lipinski definition) is 5. The van der Waals surface area contributed by atoms with E-state index in [1.54, 1.807) is 0 Å². The number of ketones is 1. The van der Waals surface area contributed by atoms with Gasteiger partial charge in [-0.2, -0.15) is 0 Å². The van der Waals surface area contributed by atoms with Crippen molar-refractivity contribution in [3.05, 3.63) is 47.7 Å². The van der Waals surface area contributed by atoms with Gasteiger partial charge in [0.2, 0.25) is 5.91 Å². The number of Topliss-reactive ketones (excluding diaryl/α,β-unsaturated/α-hetero) is 1. The lowest BCUT2D eigenvalue weighted by Gasteiger charge is -2.41. The molecular formula is C28H40N4O2. The van der Waals surface area contributed by atoms with Crippen LogP contribution in [0.15, 0.2) is 47.7 Å². The third-order valence-corrected chi connectivity index (χ3v) is 7.22. The zero-order valence-electron chi connectivity index (χ0n) is 21.2. The van der Waals surface area contributed by atoms with Gasteiger partial charge in [-0.1, -0.05) is 38.1 Å². The van der Waals surface area contributed by atoms with Crippen LogP contribution in [0.1, 0.15) is 52.4 Å². The molecule has 0 radical (unpaired) electrons. The molecule has 0 saturated carbocycles. The Kier molecular flexibility index (Phi) is 7.46. The molecule has 1 aromatic rings. The van der Waals surface area contributed by atoms with Crippen LogP contribution in [0.3, 0.4) is 0 Å². The van der Waals surface area contributed by atoms with E-state index in [1.807, 2.05) is 26.2 Å². The number of anilines is 2. The molecule has 1 aromatic carbocycles. The number of benzene rings is 1. The average Bonchev–Trinajstić information content (AvgIpc) is 2.91. The Morgan fingerprint density at radius 1 is 1.21 bits per heavy atom. The fourth-order valence-electron chi connectivity index (χ4n) is 5.70. The molecule has 0 spiro atoms. The van der Waals surface area contributed by atoms with Gasteiger partial charge in [0.25, 0.3) is 0 Å². The topological polar surface area (TPSA) is 64.7 Å². The van der Waals surface area contributed by atoms with Crippen LogP contribution in [0.5, 0.6) is 0 Å². The van der Waals surface area contributed by atoms with Crippen LogP contribution in [-0.2, 0) is 9.59 Å². The minimum Gasteiger partial charge on any atom is -0.357 e. The van der Waals surface area contributed by atoms with Gasteiger partial charge in [-0.05, 0) is 76.2 Å². The molecule has 3 aliphatic rings. The summed E-state index contributed by atoms with van der Waals surface area (Å²) in [5.41, 5.74) is 3.85. The number of para-hydroxylation sites is 2. The molecule has 1 amide bonds. The van der Waals surface area contributed by atoms with E-state index in [-0.39, 0.29) is 29.7 Å². The Labute approximate surface area is 204 Å². The summed E-state index contributed by atoms with van der Waals surface area (Å²) in [6.07, 6.45) is 9.76. The first-order valence-electron chi connectivity index (χ1n) is 12.7. The van der Waals surface area contributed by atoms with Crippen LogP contribution in [0.25, 0.3) is 0 Å². The van der Waals surface area contributed by atoms with Crippen molar-refractivity contribution in [2.75, 3.05) is 43.9 Å². The molecule has 2 N–H and O–H groups in total. The lowest BCUT2D eigenvalue weighted by molar-refractivity contribution is -0.121. The standard InChI is InChI=1S/C28H40N4O2/c1-28(2)17-22-26(24(33)18-28)27(20-11-6-5-7-12-20)32(23-14-9-8-13-21(23)30-22)19-25(34)29-15-10-16-31(3)4/h5-6,8-9,13-14,20,27,30H,7,10-12,15-19H2,1-4H3,(H,29,34)/t20-,27-/m0/s1. The van der Waals surface area contributed by atoms with Crippen molar-refractivity contribution in [3.63, 3.8) is 0 Å². The van der Waals surface area contributed by atoms with E-state index in [1.165, 1.54) is 0 Å². The first-order chi connectivity index (χ1) is 16.2. The van der Waals surface area contributed by atoms with Gasteiger partial charge in [0, 0.05) is 24.2 Å². The fraction of sp³-hybridized carbons (Fsp3) is 0.571. The second kappa shape index (κ2) is 10.3. The summed E-state index contributed by atoms with van der Waals surface area (Å²) in [6.45, 7) is 6.19. The molecule has 0 fully saturated rings. The van der Waals surface area contributed by atoms with E-state index in [0.717, 1.165) is 61.3 Å². The summed E-state index contributed by atoms with van der Waals surface area (Å²) >= 11 is 0. The van der Waals surface area contributed by atoms with E-state index >= 15 is 0 Å². The highest BCUT2D eigenvalue weighted by atomic mass is 16.2. The smallest absolute Gasteiger partial charge is 0.239 e. The van der Waals surface area contributed by atoms with Gasteiger partial charge in [0.05, 0.1) is 24.0 Å². The molecule has 184 valence electrons. The number of nitrogens with one attached hydrogen (secondary N) is 2. The zero-order chi connectivity index (χ0) is 24.3. The summed E-state index contributed by atoms with van der Waals surface area (Å²) in [5.74, 6) is 0.537. The maximum atomic E-state index is 13.7. The van der Waals surface area contributed by atoms with Crippen LogP contribution >= 0.6 is 0 Å². The second-order valence-corrected chi connectivity index (χ2v) is 11.1. The monoisotopic (exact) mass is 464 g/mol. The van der Waals surface area contributed by atoms with Crippen LogP contribution in [-0.4, -0.2) is 56.4 Å². The summed E-state index contributed by atoms with van der Waals surface area (Å²) in [7, 11) is 4.08. The Morgan fingerprint density at radius 2 is 2.00 bits per heavy atom. The third-order valence-electron chi connectivity index (χ3n) is 7.22. The SMILES string of the molecule is CN(C)CCCNC(=O)CN1c2ccccc2NC2=C(C(=O)CC(C)(C)C2)[C@@H]1[C@H]1CC=CCC1. The number of rotatable bonds is 7. The number of fused-ring (bicyclic) bond motifs is 1. The van der Waals surface area contributed by atoms with Crippen LogP contribution in [0.2, 0.25) is 0 Å². The highest BCUT2D eigenvalue weighted by Gasteiger charge is 2.43. The maximum Gasteiger partial charge on any atom is 0.239 e. The predicted octanol–water partition coefficient (Wildman–Crippen LogP) is 4.35. The number of allylic oxidation sites excluding steroid dienone is 3. The van der Waals surface area contributed by atoms with Crippen LogP contribution in [0.4, 0.5) is 11.4 Å². The van der Waals surface area contributed by atoms with Gasteiger partial charge in [-0.25, -0.2) is 0 Å². The van der Waals surface area contributed by atoms with E-state index in [9.17, 15) is 9.59 Å². The molecule has 34 heavy (non-hydrogen) atoms. The molecule has 2 atom stereocenters. The van der Waals surface area contributed by atoms with Gasteiger partial charge < -0.3 is 20.4 Å². The molecule has 1 aliphatic heterocycles. The second-order valence-electron chi connectivity index (χ2n) is 11.1. The molecule has 0 saturated heterocycles. The summed E-state index contributed by atoms with van der Waals surface area (Å²) in [5, 5.41) is 6.76. The minimum absolute atomic E-state index is 0.0116. The average molecular weight is 465 g/mol. The van der Waals surface area contributed by atoms with Gasteiger partial charge in [-0.3, -0.25) is 9.59 Å². The first kappa shape index (κ1) is 24.5. The van der Waals surface area contributed by atoms with Crippen molar-refractivity contribution in [1.82, 2.24) is 10.2 Å². The zero-order valence-corrected chi connectivity index (χ0v) is 21.2. The predicted molar refractivity (Wildman–Crippen MR) is 139 cm³/mol. The molecule has 1 heterocycles. The molecule has 6 nitrogen and oxygen atoms in total. The molecule has 2 aliphatic carbocycles. The normalized spacial score (nSPS) is 23.8. The van der Waals surface area contributed by atoms with E-state index in [4.69, 9.17) is 0 Å². The Hall–Kier alpha value is -2.60. The Morgan fingerprint density at radius 3 is 2.74 bits per heavy atom. The quantitative estimate of drug-likeness (QED) is 0.464. The number of nitrogens with zero attached hydrogens (tertiary/aromatic N) is 2. The van der Waals surface area contributed by atoms with Gasteiger partial charge in [0.15, 0.2) is 5.78 Å². The Balaban J connectivity index is 1.70. The number of carbonyl (C=O) groups excluding carboxylic acids is 2. The van der Waals surface area contributed by atoms with Gasteiger partial charge in [-0.15, -0.1) is 0 Å². The van der Waals surface area contributed by atoms with Crippen molar-refractivity contribution in [2.24, 2.45) is 11.3 Å². The van der Waals surface area contributed by atoms with Crippen LogP contribution in [0, 0.1) is 11.3 Å². The van der Waals surface area contributed by atoms with Gasteiger partial charge in [0.1, 0.15) is 0 Å². The van der Waals surface area contributed by atoms with Crippen molar-refractivity contribution in [2.45, 2.75) is 58.4 Å². The number of carbonyl (C=O) groups is 2. The molecule has 0 bridgehead atoms. The number of amides is 1. The summed E-state index contributed by atoms with van der Waals surface area (Å²) in [4.78, 5) is 31.1. The van der Waals surface area contributed by atoms with Crippen LogP contribution < -0.4 is 15.5 Å². The van der Waals surface area contributed by atoms with E-state index < -0.39 is 0 Å². The third kappa shape index (κ3) is 5.54. The van der Waals surface area contributed by atoms with Crippen molar-refractivity contribution in [1.29, 1.82) is 0 Å². The highest BCUT2D eigenvalue weighted by molar-refractivity contribution is 6.01. The molecule has 0 aromatic heterocycles. The lowest BCUT2D eigenvalue weighted by Crippen LogP contribution is -2.50. The fourth-order valence-corrected chi connectivity index (χ4v) is 5.70. The van der Waals surface area contributed by atoms with Gasteiger partial charge >= 0.3 is 0 Å². The summed E-state index contributed by atoms with van der Waals surface area (Å²) in [6, 6.07) is 8.09. The highest BCUT2D eigenvalue weighted by Crippen LogP contribution is 2.46. The lowest BCUT2D eigenvalue weighted by atomic mass is 9.71. The molecule has 6 heteroatoms. The molecule has 4 rings (SSSR count). The van der Waals surface area contributed by atoms with E-state index in [0.29, 0.717) is 18.9 Å². The first-order valence-corrected chi connectivity index (χ1v) is 12.7. The molecular weight excluding hydrogens is 424 g/mol. The minimum atomic E-state index is -0.104. The summed E-state index contributed by atoms with van der Waals surface area (Å²) < 4.78 is 0. The van der Waals surface area contributed by atoms with Crippen molar-refractivity contribution >= 4 is 23.1 Å². The largest absolute Gasteiger partial charge is 0.357 e. The number of hydrogen-bond donors (Lipinski definition) is 2. The Bertz CT molecular complexity index is 978. The van der Waals surface area contributed by atoms with Crippen molar-refractivity contribution < 1.29 is 9.59 Å². The van der Waals surface area contributed by atoms with E-state index in [2.05, 4.69) is 58.6 Å².